The van der Waals surface area contributed by atoms with Crippen LogP contribution in [0.5, 0.6) is 0 Å². The van der Waals surface area contributed by atoms with Crippen molar-refractivity contribution in [3.8, 4) is 0 Å². The van der Waals surface area contributed by atoms with E-state index in [-0.39, 0.29) is 12.6 Å². The minimum atomic E-state index is -1.23. The van der Waals surface area contributed by atoms with E-state index in [1.807, 2.05) is 31.2 Å². The lowest BCUT2D eigenvalue weighted by Crippen LogP contribution is -2.43. The quantitative estimate of drug-likeness (QED) is 0.711. The van der Waals surface area contributed by atoms with Gasteiger partial charge in [0.15, 0.2) is 0 Å². The van der Waals surface area contributed by atoms with Gasteiger partial charge in [0.1, 0.15) is 12.1 Å². The Kier molecular flexibility index (Phi) is 5.94. The molecule has 1 saturated heterocycles. The van der Waals surface area contributed by atoms with Crippen LogP contribution >= 0.6 is 11.6 Å². The highest BCUT2D eigenvalue weighted by Crippen LogP contribution is 2.29. The zero-order chi connectivity index (χ0) is 21.2. The van der Waals surface area contributed by atoms with Gasteiger partial charge in [-0.15, -0.1) is 0 Å². The largest absolute Gasteiger partial charge is 0.348 e. The van der Waals surface area contributed by atoms with Crippen molar-refractivity contribution < 1.29 is 14.4 Å². The normalized spacial score (nSPS) is 19.8. The second-order valence-corrected chi connectivity index (χ2v) is 7.77. The molecule has 1 aliphatic rings. The number of halogens is 1. The lowest BCUT2D eigenvalue weighted by molar-refractivity contribution is -0.135. The molecular weight excluding hydrogens is 390 g/mol. The van der Waals surface area contributed by atoms with E-state index in [2.05, 4.69) is 17.6 Å². The molecule has 2 atom stereocenters. The van der Waals surface area contributed by atoms with E-state index in [1.54, 1.807) is 31.2 Å². The predicted molar refractivity (Wildman–Crippen MR) is 111 cm³/mol. The first-order valence-electron chi connectivity index (χ1n) is 9.53. The van der Waals surface area contributed by atoms with Gasteiger partial charge in [-0.05, 0) is 49.1 Å². The second-order valence-electron chi connectivity index (χ2n) is 7.34. The number of carbonyl (C=O) groups excluding carboxylic acids is 3. The van der Waals surface area contributed by atoms with Gasteiger partial charge >= 0.3 is 6.03 Å². The number of hydrogen-bond acceptors (Lipinski definition) is 3. The fraction of sp³-hybridized carbons (Fsp3) is 0.318. The number of amides is 4. The lowest BCUT2D eigenvalue weighted by Gasteiger charge is -2.22. The number of benzene rings is 2. The molecule has 0 saturated carbocycles. The molecule has 6 nitrogen and oxygen atoms in total. The Hall–Kier alpha value is -2.86. The molecule has 2 N–H and O–H groups in total. The van der Waals surface area contributed by atoms with Gasteiger partial charge in [0, 0.05) is 5.02 Å². The number of nitrogens with zero attached hydrogens (tertiary/aromatic N) is 1. The molecule has 0 radical (unpaired) electrons. The molecule has 2 aromatic carbocycles. The van der Waals surface area contributed by atoms with Crippen molar-refractivity contribution in [2.24, 2.45) is 0 Å². The maximum absolute atomic E-state index is 12.9. The molecule has 1 fully saturated rings. The van der Waals surface area contributed by atoms with Crippen LogP contribution in [-0.4, -0.2) is 29.3 Å². The lowest BCUT2D eigenvalue weighted by atomic mass is 9.92. The first kappa shape index (κ1) is 20.9. The number of nitrogens with one attached hydrogen (secondary N) is 2. The van der Waals surface area contributed by atoms with Gasteiger partial charge in [0.25, 0.3) is 5.91 Å². The van der Waals surface area contributed by atoms with Crippen LogP contribution in [0, 0.1) is 0 Å². The van der Waals surface area contributed by atoms with Crippen LogP contribution in [0.1, 0.15) is 43.5 Å². The van der Waals surface area contributed by atoms with Crippen molar-refractivity contribution in [2.75, 3.05) is 6.54 Å². The molecule has 0 spiro atoms. The first-order valence-corrected chi connectivity index (χ1v) is 9.90. The van der Waals surface area contributed by atoms with Crippen LogP contribution in [0.25, 0.3) is 0 Å². The highest BCUT2D eigenvalue weighted by atomic mass is 35.5. The van der Waals surface area contributed by atoms with Crippen molar-refractivity contribution in [2.45, 2.75) is 38.8 Å². The van der Waals surface area contributed by atoms with E-state index in [1.165, 1.54) is 5.56 Å². The van der Waals surface area contributed by atoms with Gasteiger partial charge in [-0.3, -0.25) is 14.5 Å². The number of rotatable bonds is 6. The van der Waals surface area contributed by atoms with E-state index in [4.69, 9.17) is 11.6 Å². The number of urea groups is 1. The highest BCUT2D eigenvalue weighted by Gasteiger charge is 2.49. The number of hydrogen-bond donors (Lipinski definition) is 2. The molecule has 0 aromatic heterocycles. The van der Waals surface area contributed by atoms with Crippen molar-refractivity contribution in [3.63, 3.8) is 0 Å². The monoisotopic (exact) mass is 413 g/mol. The van der Waals surface area contributed by atoms with Crippen LogP contribution in [0.3, 0.4) is 0 Å². The molecule has 152 valence electrons. The third-order valence-corrected chi connectivity index (χ3v) is 5.52. The van der Waals surface area contributed by atoms with E-state index in [0.717, 1.165) is 16.9 Å². The van der Waals surface area contributed by atoms with E-state index < -0.39 is 23.4 Å². The van der Waals surface area contributed by atoms with Gasteiger partial charge in [-0.1, -0.05) is 54.9 Å². The Morgan fingerprint density at radius 3 is 2.34 bits per heavy atom. The molecule has 1 aliphatic heterocycles. The fourth-order valence-corrected chi connectivity index (χ4v) is 3.50. The molecule has 3 rings (SSSR count). The summed E-state index contributed by atoms with van der Waals surface area (Å²) in [4.78, 5) is 38.7. The number of carbonyl (C=O) groups is 3. The number of imide groups is 1. The Morgan fingerprint density at radius 2 is 1.76 bits per heavy atom. The molecular formula is C22H24ClN3O3. The standard InChI is InChI=1S/C22H24ClN3O3/c1-4-15-5-7-16(8-6-15)14(2)24-19(27)13-26-20(28)22(3,25-21(26)29)17-9-11-18(23)12-10-17/h5-12,14H,4,13H2,1-3H3,(H,24,27)(H,25,29). The van der Waals surface area contributed by atoms with E-state index >= 15 is 0 Å². The van der Waals surface area contributed by atoms with Gasteiger partial charge in [-0.25, -0.2) is 4.79 Å². The minimum Gasteiger partial charge on any atom is -0.348 e. The summed E-state index contributed by atoms with van der Waals surface area (Å²) in [5.74, 6) is -0.874. The molecule has 7 heteroatoms. The summed E-state index contributed by atoms with van der Waals surface area (Å²) >= 11 is 5.91. The third kappa shape index (κ3) is 4.27. The van der Waals surface area contributed by atoms with Gasteiger partial charge in [-0.2, -0.15) is 0 Å². The Morgan fingerprint density at radius 1 is 1.14 bits per heavy atom. The van der Waals surface area contributed by atoms with Crippen LogP contribution in [-0.2, 0) is 21.5 Å². The summed E-state index contributed by atoms with van der Waals surface area (Å²) in [5.41, 5.74) is 1.54. The molecule has 29 heavy (non-hydrogen) atoms. The van der Waals surface area contributed by atoms with Crippen molar-refractivity contribution in [1.29, 1.82) is 0 Å². The summed E-state index contributed by atoms with van der Waals surface area (Å²) in [6.45, 7) is 5.22. The van der Waals surface area contributed by atoms with Gasteiger partial charge in [0.2, 0.25) is 5.91 Å². The average molecular weight is 414 g/mol. The topological polar surface area (TPSA) is 78.5 Å². The van der Waals surface area contributed by atoms with Crippen molar-refractivity contribution >= 4 is 29.4 Å². The van der Waals surface area contributed by atoms with Crippen LogP contribution in [0.4, 0.5) is 4.79 Å². The van der Waals surface area contributed by atoms with Crippen LogP contribution in [0.15, 0.2) is 48.5 Å². The zero-order valence-corrected chi connectivity index (χ0v) is 17.4. The molecule has 4 amide bonds. The zero-order valence-electron chi connectivity index (χ0n) is 16.7. The molecule has 0 aliphatic carbocycles. The summed E-state index contributed by atoms with van der Waals surface area (Å²) in [7, 11) is 0. The van der Waals surface area contributed by atoms with Crippen molar-refractivity contribution in [1.82, 2.24) is 15.5 Å². The Balaban J connectivity index is 1.67. The van der Waals surface area contributed by atoms with E-state index in [9.17, 15) is 14.4 Å². The maximum Gasteiger partial charge on any atom is 0.325 e. The highest BCUT2D eigenvalue weighted by molar-refractivity contribution is 6.30. The third-order valence-electron chi connectivity index (χ3n) is 5.26. The molecule has 1 heterocycles. The number of aryl methyl sites for hydroxylation is 1. The molecule has 0 bridgehead atoms. The fourth-order valence-electron chi connectivity index (χ4n) is 3.38. The smallest absolute Gasteiger partial charge is 0.325 e. The van der Waals surface area contributed by atoms with E-state index in [0.29, 0.717) is 10.6 Å². The second kappa shape index (κ2) is 8.25. The van der Waals surface area contributed by atoms with Gasteiger partial charge in [0.05, 0.1) is 6.04 Å². The van der Waals surface area contributed by atoms with Crippen molar-refractivity contribution in [3.05, 3.63) is 70.2 Å². The summed E-state index contributed by atoms with van der Waals surface area (Å²) in [6, 6.07) is 13.8. The van der Waals surface area contributed by atoms with Gasteiger partial charge < -0.3 is 10.6 Å². The molecule has 2 aromatic rings. The summed E-state index contributed by atoms with van der Waals surface area (Å²) in [6.07, 6.45) is 0.944. The predicted octanol–water partition coefficient (Wildman–Crippen LogP) is 3.55. The average Bonchev–Trinajstić information content (AvgIpc) is 2.92. The summed E-state index contributed by atoms with van der Waals surface area (Å²) < 4.78 is 0. The SMILES string of the molecule is CCc1ccc(C(C)NC(=O)CN2C(=O)NC(C)(c3ccc(Cl)cc3)C2=O)cc1. The first-order chi connectivity index (χ1) is 13.7. The Labute approximate surface area is 175 Å². The summed E-state index contributed by atoms with van der Waals surface area (Å²) in [5, 5.41) is 6.06. The minimum absolute atomic E-state index is 0.239. The maximum atomic E-state index is 12.9. The van der Waals surface area contributed by atoms with Crippen LogP contribution in [0.2, 0.25) is 5.02 Å². The Bertz CT molecular complexity index is 927. The molecule has 2 unspecified atom stereocenters. The van der Waals surface area contributed by atoms with Crippen LogP contribution < -0.4 is 10.6 Å².